The molecule has 0 aliphatic carbocycles. The van der Waals surface area contributed by atoms with Crippen LogP contribution in [0.5, 0.6) is 5.75 Å². The number of ether oxygens (including phenoxy) is 1. The van der Waals surface area contributed by atoms with Crippen LogP contribution in [0.3, 0.4) is 0 Å². The molecular weight excluding hydrogens is 278 g/mol. The minimum atomic E-state index is -1.23. The van der Waals surface area contributed by atoms with Gasteiger partial charge in [0.2, 0.25) is 0 Å². The quantitative estimate of drug-likeness (QED) is 0.670. The maximum atomic E-state index is 12.0. The Bertz CT molecular complexity index is 554. The number of amides is 1. The molecule has 0 radical (unpaired) electrons. The lowest BCUT2D eigenvalue weighted by Gasteiger charge is -2.15. The van der Waals surface area contributed by atoms with E-state index in [4.69, 9.17) is 5.11 Å². The second-order valence-electron chi connectivity index (χ2n) is 4.48. The van der Waals surface area contributed by atoms with E-state index in [1.165, 1.54) is 25.3 Å². The Morgan fingerprint density at radius 1 is 1.33 bits per heavy atom. The standard InChI is InChI=1S/C14H17NO6/c1-8-7-9(16)3-4-10(8)13(18)15-11(14(19)20)5-6-12(17)21-2/h3-4,7,11,16H,5-6H2,1-2H3,(H,15,18)(H,19,20). The van der Waals surface area contributed by atoms with Crippen molar-refractivity contribution in [1.82, 2.24) is 5.32 Å². The van der Waals surface area contributed by atoms with Crippen molar-refractivity contribution in [2.45, 2.75) is 25.8 Å². The summed E-state index contributed by atoms with van der Waals surface area (Å²) in [5.74, 6) is -2.34. The molecule has 21 heavy (non-hydrogen) atoms. The summed E-state index contributed by atoms with van der Waals surface area (Å²) >= 11 is 0. The number of hydrogen-bond donors (Lipinski definition) is 3. The van der Waals surface area contributed by atoms with Gasteiger partial charge in [0.25, 0.3) is 5.91 Å². The molecule has 1 aromatic carbocycles. The summed E-state index contributed by atoms with van der Waals surface area (Å²) in [6, 6.07) is 2.95. The summed E-state index contributed by atoms with van der Waals surface area (Å²) in [7, 11) is 1.20. The van der Waals surface area contributed by atoms with Crippen LogP contribution in [0.4, 0.5) is 0 Å². The lowest BCUT2D eigenvalue weighted by Crippen LogP contribution is -2.41. The predicted molar refractivity (Wildman–Crippen MR) is 73.0 cm³/mol. The molecule has 7 heteroatoms. The molecule has 114 valence electrons. The zero-order valence-electron chi connectivity index (χ0n) is 11.8. The number of carbonyl (C=O) groups excluding carboxylic acids is 2. The minimum absolute atomic E-state index is 0.0181. The number of rotatable bonds is 6. The fourth-order valence-electron chi connectivity index (χ4n) is 1.76. The van der Waals surface area contributed by atoms with Gasteiger partial charge in [0.15, 0.2) is 0 Å². The lowest BCUT2D eigenvalue weighted by molar-refractivity contribution is -0.142. The van der Waals surface area contributed by atoms with Crippen LogP contribution in [0.15, 0.2) is 18.2 Å². The molecule has 0 aliphatic rings. The Kier molecular flexibility index (Phi) is 5.71. The number of aromatic hydroxyl groups is 1. The first-order valence-electron chi connectivity index (χ1n) is 6.25. The van der Waals surface area contributed by atoms with E-state index in [2.05, 4.69) is 10.1 Å². The SMILES string of the molecule is COC(=O)CCC(NC(=O)c1ccc(O)cc1C)C(=O)O. The number of carboxylic acid groups (broad SMARTS) is 1. The van der Waals surface area contributed by atoms with Crippen LogP contribution >= 0.6 is 0 Å². The third-order valence-corrected chi connectivity index (χ3v) is 2.92. The van der Waals surface area contributed by atoms with Gasteiger partial charge >= 0.3 is 11.9 Å². The zero-order chi connectivity index (χ0) is 16.0. The Hall–Kier alpha value is -2.57. The fraction of sp³-hybridized carbons (Fsp3) is 0.357. The van der Waals surface area contributed by atoms with Gasteiger partial charge in [-0.25, -0.2) is 4.79 Å². The van der Waals surface area contributed by atoms with Gasteiger partial charge < -0.3 is 20.3 Å². The number of carbonyl (C=O) groups is 3. The zero-order valence-corrected chi connectivity index (χ0v) is 11.8. The van der Waals surface area contributed by atoms with Crippen molar-refractivity contribution < 1.29 is 29.3 Å². The Morgan fingerprint density at radius 2 is 2.00 bits per heavy atom. The van der Waals surface area contributed by atoms with E-state index in [1.54, 1.807) is 6.92 Å². The average molecular weight is 295 g/mol. The van der Waals surface area contributed by atoms with Gasteiger partial charge in [0.05, 0.1) is 7.11 Å². The molecule has 0 heterocycles. The number of phenolic OH excluding ortho intramolecular Hbond substituents is 1. The molecular formula is C14H17NO6. The number of esters is 1. The highest BCUT2D eigenvalue weighted by molar-refractivity contribution is 5.98. The van der Waals surface area contributed by atoms with Gasteiger partial charge in [-0.15, -0.1) is 0 Å². The second-order valence-corrected chi connectivity index (χ2v) is 4.48. The number of benzene rings is 1. The molecule has 0 aliphatic heterocycles. The van der Waals surface area contributed by atoms with Crippen LogP contribution in [0, 0.1) is 6.92 Å². The van der Waals surface area contributed by atoms with Gasteiger partial charge in [-0.3, -0.25) is 9.59 Å². The van der Waals surface area contributed by atoms with E-state index in [0.717, 1.165) is 0 Å². The van der Waals surface area contributed by atoms with Gasteiger partial charge in [0.1, 0.15) is 11.8 Å². The number of nitrogens with one attached hydrogen (secondary N) is 1. The lowest BCUT2D eigenvalue weighted by atomic mass is 10.1. The first-order chi connectivity index (χ1) is 9.85. The van der Waals surface area contributed by atoms with Crippen molar-refractivity contribution in [1.29, 1.82) is 0 Å². The van der Waals surface area contributed by atoms with Crippen LogP contribution in [0.1, 0.15) is 28.8 Å². The van der Waals surface area contributed by atoms with E-state index in [9.17, 15) is 19.5 Å². The van der Waals surface area contributed by atoms with Gasteiger partial charge in [-0.05, 0) is 37.1 Å². The Balaban J connectivity index is 2.76. The first kappa shape index (κ1) is 16.5. The predicted octanol–water partition coefficient (Wildman–Crippen LogP) is 0.837. The number of aryl methyl sites for hydroxylation is 1. The molecule has 0 fully saturated rings. The highest BCUT2D eigenvalue weighted by Gasteiger charge is 2.22. The van der Waals surface area contributed by atoms with E-state index in [-0.39, 0.29) is 24.2 Å². The number of aliphatic carboxylic acids is 1. The maximum Gasteiger partial charge on any atom is 0.326 e. The monoisotopic (exact) mass is 295 g/mol. The molecule has 1 aromatic rings. The van der Waals surface area contributed by atoms with Crippen molar-refractivity contribution in [3.05, 3.63) is 29.3 Å². The number of methoxy groups -OCH3 is 1. The molecule has 1 atom stereocenters. The molecule has 0 saturated heterocycles. The summed E-state index contributed by atoms with van der Waals surface area (Å²) in [4.78, 5) is 34.2. The summed E-state index contributed by atoms with van der Waals surface area (Å²) in [5.41, 5.74) is 0.779. The molecule has 0 bridgehead atoms. The maximum absolute atomic E-state index is 12.0. The van der Waals surface area contributed by atoms with Gasteiger partial charge in [0, 0.05) is 12.0 Å². The van der Waals surface area contributed by atoms with Crippen molar-refractivity contribution in [2.24, 2.45) is 0 Å². The van der Waals surface area contributed by atoms with E-state index < -0.39 is 23.9 Å². The van der Waals surface area contributed by atoms with Crippen molar-refractivity contribution in [2.75, 3.05) is 7.11 Å². The largest absolute Gasteiger partial charge is 0.508 e. The molecule has 0 aromatic heterocycles. The smallest absolute Gasteiger partial charge is 0.326 e. The third kappa shape index (κ3) is 4.79. The number of hydrogen-bond acceptors (Lipinski definition) is 5. The summed E-state index contributed by atoms with van der Waals surface area (Å²) in [5, 5.41) is 20.7. The van der Waals surface area contributed by atoms with Crippen molar-refractivity contribution in [3.8, 4) is 5.75 Å². The average Bonchev–Trinajstić information content (AvgIpc) is 2.42. The second kappa shape index (κ2) is 7.28. The molecule has 7 nitrogen and oxygen atoms in total. The van der Waals surface area contributed by atoms with Crippen LogP contribution in [-0.2, 0) is 14.3 Å². The molecule has 1 rings (SSSR count). The number of carboxylic acids is 1. The van der Waals surface area contributed by atoms with Crippen LogP contribution in [0.2, 0.25) is 0 Å². The topological polar surface area (TPSA) is 113 Å². The van der Waals surface area contributed by atoms with Crippen LogP contribution < -0.4 is 5.32 Å². The third-order valence-electron chi connectivity index (χ3n) is 2.92. The highest BCUT2D eigenvalue weighted by atomic mass is 16.5. The first-order valence-corrected chi connectivity index (χ1v) is 6.25. The van der Waals surface area contributed by atoms with E-state index >= 15 is 0 Å². The Labute approximate surface area is 121 Å². The summed E-state index contributed by atoms with van der Waals surface area (Å²) < 4.78 is 4.43. The number of phenols is 1. The summed E-state index contributed by atoms with van der Waals surface area (Å²) in [6.45, 7) is 1.62. The normalized spacial score (nSPS) is 11.5. The van der Waals surface area contributed by atoms with Gasteiger partial charge in [-0.1, -0.05) is 0 Å². The minimum Gasteiger partial charge on any atom is -0.508 e. The van der Waals surface area contributed by atoms with Crippen LogP contribution in [0.25, 0.3) is 0 Å². The Morgan fingerprint density at radius 3 is 2.52 bits per heavy atom. The van der Waals surface area contributed by atoms with Crippen molar-refractivity contribution in [3.63, 3.8) is 0 Å². The molecule has 1 amide bonds. The molecule has 0 saturated carbocycles. The molecule has 3 N–H and O–H groups in total. The summed E-state index contributed by atoms with van der Waals surface area (Å²) in [6.07, 6.45) is -0.173. The van der Waals surface area contributed by atoms with Gasteiger partial charge in [-0.2, -0.15) is 0 Å². The molecule has 0 spiro atoms. The van der Waals surface area contributed by atoms with Crippen LogP contribution in [-0.4, -0.2) is 41.2 Å². The van der Waals surface area contributed by atoms with Crippen molar-refractivity contribution >= 4 is 17.8 Å². The fourth-order valence-corrected chi connectivity index (χ4v) is 1.76. The van der Waals surface area contributed by atoms with E-state index in [0.29, 0.717) is 5.56 Å². The highest BCUT2D eigenvalue weighted by Crippen LogP contribution is 2.16. The van der Waals surface area contributed by atoms with E-state index in [1.807, 2.05) is 0 Å². The molecule has 1 unspecified atom stereocenters.